The summed E-state index contributed by atoms with van der Waals surface area (Å²) in [5.74, 6) is 0.572. The number of methoxy groups -OCH3 is 1. The fourth-order valence-corrected chi connectivity index (χ4v) is 2.38. The Kier molecular flexibility index (Phi) is 7.37. The van der Waals surface area contributed by atoms with Gasteiger partial charge in [0, 0.05) is 24.8 Å². The second-order valence-electron chi connectivity index (χ2n) is 5.90. The number of ether oxygens (including phenoxy) is 2. The van der Waals surface area contributed by atoms with Crippen molar-refractivity contribution >= 4 is 11.8 Å². The van der Waals surface area contributed by atoms with E-state index < -0.39 is 6.10 Å². The van der Waals surface area contributed by atoms with Gasteiger partial charge in [-0.15, -0.1) is 0 Å². The number of aromatic nitrogens is 1. The van der Waals surface area contributed by atoms with Crippen molar-refractivity contribution in [2.24, 2.45) is 0 Å². The second kappa shape index (κ2) is 9.74. The molecule has 0 radical (unpaired) electrons. The molecule has 0 saturated carbocycles. The van der Waals surface area contributed by atoms with Gasteiger partial charge in [0.1, 0.15) is 18.2 Å². The molecule has 0 spiro atoms. The molecule has 140 valence electrons. The van der Waals surface area contributed by atoms with Crippen LogP contribution in [0.5, 0.6) is 5.75 Å². The van der Waals surface area contributed by atoms with Crippen molar-refractivity contribution in [1.29, 1.82) is 0 Å². The summed E-state index contributed by atoms with van der Waals surface area (Å²) in [5.41, 5.74) is 7.11. The molecular weight excluding hydrogens is 334 g/mol. The van der Waals surface area contributed by atoms with E-state index in [-0.39, 0.29) is 11.9 Å². The minimum atomic E-state index is -0.651. The van der Waals surface area contributed by atoms with Gasteiger partial charge in [-0.1, -0.05) is 18.2 Å². The number of hydrogen-bond donors (Lipinski definition) is 3. The van der Waals surface area contributed by atoms with Crippen LogP contribution in [0.4, 0.5) is 5.82 Å². The van der Waals surface area contributed by atoms with Crippen LogP contribution in [-0.2, 0) is 9.53 Å². The van der Waals surface area contributed by atoms with E-state index in [0.29, 0.717) is 31.1 Å². The number of nitrogens with zero attached hydrogens (tertiary/aromatic N) is 1. The molecule has 1 heterocycles. The summed E-state index contributed by atoms with van der Waals surface area (Å²) in [4.78, 5) is 15.5. The van der Waals surface area contributed by atoms with Crippen molar-refractivity contribution in [1.82, 2.24) is 10.3 Å². The molecule has 0 aliphatic heterocycles. The number of nitrogens with one attached hydrogen (secondary N) is 1. The van der Waals surface area contributed by atoms with Gasteiger partial charge in [0.2, 0.25) is 0 Å². The van der Waals surface area contributed by atoms with Gasteiger partial charge in [-0.2, -0.15) is 0 Å². The van der Waals surface area contributed by atoms with Gasteiger partial charge in [0.25, 0.3) is 0 Å². The molecule has 0 fully saturated rings. The van der Waals surface area contributed by atoms with E-state index in [1.807, 2.05) is 24.3 Å². The summed E-state index contributed by atoms with van der Waals surface area (Å²) in [6, 6.07) is 10.8. The van der Waals surface area contributed by atoms with Gasteiger partial charge < -0.3 is 25.6 Å². The molecule has 0 aliphatic rings. The van der Waals surface area contributed by atoms with Crippen molar-refractivity contribution in [3.63, 3.8) is 0 Å². The van der Waals surface area contributed by atoms with Crippen LogP contribution >= 0.6 is 0 Å². The van der Waals surface area contributed by atoms with E-state index in [4.69, 9.17) is 15.2 Å². The average Bonchev–Trinajstić information content (AvgIpc) is 2.67. The topological polar surface area (TPSA) is 107 Å². The first-order valence-electron chi connectivity index (χ1n) is 8.42. The minimum absolute atomic E-state index is 0.266. The Hall–Kier alpha value is -2.64. The fourth-order valence-electron chi connectivity index (χ4n) is 2.38. The lowest BCUT2D eigenvalue weighted by Gasteiger charge is -2.13. The quantitative estimate of drug-likeness (QED) is 0.461. The largest absolute Gasteiger partial charge is 0.492 e. The lowest BCUT2D eigenvalue weighted by molar-refractivity contribution is -0.141. The van der Waals surface area contributed by atoms with Crippen LogP contribution in [0, 0.1) is 0 Å². The standard InChI is InChI=1S/C19H25N3O4/c1-13(19(24)25-2)14-3-6-16(7-4-14)26-10-9-21-12-17(23)15-5-8-18(20)22-11-15/h3-8,11,13,17,21,23H,9-10,12H2,1-2H3,(H2,20,22)/t13?,17-/m0/s1. The Labute approximate surface area is 153 Å². The summed E-state index contributed by atoms with van der Waals surface area (Å²) in [5, 5.41) is 13.2. The predicted octanol–water partition coefficient (Wildman–Crippen LogP) is 1.64. The highest BCUT2D eigenvalue weighted by Gasteiger charge is 2.15. The van der Waals surface area contributed by atoms with E-state index in [1.54, 1.807) is 25.3 Å². The SMILES string of the molecule is COC(=O)C(C)c1ccc(OCCNC[C@H](O)c2ccc(N)nc2)cc1. The van der Waals surface area contributed by atoms with Gasteiger partial charge in [-0.05, 0) is 30.7 Å². The van der Waals surface area contributed by atoms with Crippen LogP contribution in [0.1, 0.15) is 30.1 Å². The van der Waals surface area contributed by atoms with Crippen LogP contribution in [-0.4, -0.2) is 42.9 Å². The second-order valence-corrected chi connectivity index (χ2v) is 5.90. The Morgan fingerprint density at radius 2 is 1.92 bits per heavy atom. The van der Waals surface area contributed by atoms with Crippen molar-refractivity contribution in [3.05, 3.63) is 53.7 Å². The average molecular weight is 359 g/mol. The molecule has 0 saturated heterocycles. The molecule has 7 heteroatoms. The monoisotopic (exact) mass is 359 g/mol. The van der Waals surface area contributed by atoms with Crippen molar-refractivity contribution in [3.8, 4) is 5.75 Å². The smallest absolute Gasteiger partial charge is 0.312 e. The summed E-state index contributed by atoms with van der Waals surface area (Å²) >= 11 is 0. The summed E-state index contributed by atoms with van der Waals surface area (Å²) in [7, 11) is 1.38. The van der Waals surface area contributed by atoms with Crippen molar-refractivity contribution in [2.45, 2.75) is 18.9 Å². The summed E-state index contributed by atoms with van der Waals surface area (Å²) in [6.45, 7) is 3.23. The number of nitrogens with two attached hydrogens (primary N) is 1. The highest BCUT2D eigenvalue weighted by Crippen LogP contribution is 2.20. The van der Waals surface area contributed by atoms with E-state index in [1.165, 1.54) is 7.11 Å². The number of nitrogen functional groups attached to an aromatic ring is 1. The molecule has 1 unspecified atom stereocenters. The van der Waals surface area contributed by atoms with Gasteiger partial charge in [-0.3, -0.25) is 4.79 Å². The molecule has 0 amide bonds. The number of hydrogen-bond acceptors (Lipinski definition) is 7. The molecule has 2 aromatic rings. The Morgan fingerprint density at radius 3 is 2.54 bits per heavy atom. The number of pyridine rings is 1. The molecule has 7 nitrogen and oxygen atoms in total. The molecule has 4 N–H and O–H groups in total. The zero-order valence-corrected chi connectivity index (χ0v) is 15.0. The number of benzene rings is 1. The fraction of sp³-hybridized carbons (Fsp3) is 0.368. The predicted molar refractivity (Wildman–Crippen MR) is 98.8 cm³/mol. The van der Waals surface area contributed by atoms with Crippen LogP contribution in [0.15, 0.2) is 42.6 Å². The number of aliphatic hydroxyl groups is 1. The third-order valence-corrected chi connectivity index (χ3v) is 4.01. The number of rotatable bonds is 9. The molecule has 1 aromatic carbocycles. The van der Waals surface area contributed by atoms with Gasteiger partial charge in [-0.25, -0.2) is 4.98 Å². The number of anilines is 1. The highest BCUT2D eigenvalue weighted by molar-refractivity contribution is 5.77. The number of esters is 1. The molecule has 2 atom stereocenters. The van der Waals surface area contributed by atoms with Crippen molar-refractivity contribution < 1.29 is 19.4 Å². The van der Waals surface area contributed by atoms with Gasteiger partial charge in [0.15, 0.2) is 0 Å². The van der Waals surface area contributed by atoms with E-state index in [9.17, 15) is 9.90 Å². The van der Waals surface area contributed by atoms with Gasteiger partial charge in [0.05, 0.1) is 19.1 Å². The van der Waals surface area contributed by atoms with Crippen LogP contribution in [0.25, 0.3) is 0 Å². The third kappa shape index (κ3) is 5.72. The zero-order chi connectivity index (χ0) is 18.9. The number of aliphatic hydroxyl groups excluding tert-OH is 1. The van der Waals surface area contributed by atoms with Crippen molar-refractivity contribution in [2.75, 3.05) is 32.5 Å². The maximum absolute atomic E-state index is 11.5. The van der Waals surface area contributed by atoms with Gasteiger partial charge >= 0.3 is 5.97 Å². The summed E-state index contributed by atoms with van der Waals surface area (Å²) < 4.78 is 10.4. The molecule has 0 aliphatic carbocycles. The normalized spacial score (nSPS) is 13.0. The number of carbonyl (C=O) groups excluding carboxylic acids is 1. The van der Waals surface area contributed by atoms with Crippen LogP contribution < -0.4 is 15.8 Å². The molecule has 26 heavy (non-hydrogen) atoms. The van der Waals surface area contributed by atoms with Crippen LogP contribution in [0.3, 0.4) is 0 Å². The first kappa shape index (κ1) is 19.7. The van der Waals surface area contributed by atoms with E-state index in [2.05, 4.69) is 10.3 Å². The molecule has 1 aromatic heterocycles. The lowest BCUT2D eigenvalue weighted by atomic mass is 10.0. The Bertz CT molecular complexity index is 689. The highest BCUT2D eigenvalue weighted by atomic mass is 16.5. The van der Waals surface area contributed by atoms with E-state index >= 15 is 0 Å². The first-order chi connectivity index (χ1) is 12.5. The summed E-state index contributed by atoms with van der Waals surface area (Å²) in [6.07, 6.45) is 0.914. The first-order valence-corrected chi connectivity index (χ1v) is 8.42. The maximum atomic E-state index is 11.5. The zero-order valence-electron chi connectivity index (χ0n) is 15.0. The minimum Gasteiger partial charge on any atom is -0.492 e. The van der Waals surface area contributed by atoms with Crippen LogP contribution in [0.2, 0.25) is 0 Å². The molecule has 0 bridgehead atoms. The van der Waals surface area contributed by atoms with E-state index in [0.717, 1.165) is 11.3 Å². The molecular formula is C19H25N3O4. The maximum Gasteiger partial charge on any atom is 0.312 e. The Balaban J connectivity index is 1.69. The lowest BCUT2D eigenvalue weighted by Crippen LogP contribution is -2.26. The Morgan fingerprint density at radius 1 is 1.23 bits per heavy atom. The molecule has 2 rings (SSSR count). The third-order valence-electron chi connectivity index (χ3n) is 4.01. The number of carbonyl (C=O) groups is 1.